The molecule has 0 saturated carbocycles. The standard InChI is InChI=1S/C15H21BrN2O2/c1-17(2)12-6-7-18(9-12)10-14(19)11-4-5-15(20-3)13(16)8-11/h4-5,8,12H,6-7,9-10H2,1-3H3. The number of likely N-dealkylation sites (N-methyl/N-ethyl adjacent to an activating group) is 1. The molecule has 0 aromatic heterocycles. The van der Waals surface area contributed by atoms with Crippen LogP contribution in [0.15, 0.2) is 22.7 Å². The molecular formula is C15H21BrN2O2. The lowest BCUT2D eigenvalue weighted by molar-refractivity contribution is 0.0941. The van der Waals surface area contributed by atoms with Crippen LogP contribution in [0, 0.1) is 0 Å². The number of hydrogen-bond donors (Lipinski definition) is 0. The number of ether oxygens (including phenoxy) is 1. The number of ketones is 1. The van der Waals surface area contributed by atoms with E-state index < -0.39 is 0 Å². The van der Waals surface area contributed by atoms with E-state index in [1.165, 1.54) is 0 Å². The van der Waals surface area contributed by atoms with E-state index in [1.54, 1.807) is 7.11 Å². The topological polar surface area (TPSA) is 32.8 Å². The van der Waals surface area contributed by atoms with Crippen molar-refractivity contribution in [2.75, 3.05) is 40.8 Å². The smallest absolute Gasteiger partial charge is 0.176 e. The lowest BCUT2D eigenvalue weighted by Crippen LogP contribution is -2.33. The molecule has 0 spiro atoms. The number of rotatable bonds is 5. The van der Waals surface area contributed by atoms with Crippen LogP contribution in [-0.4, -0.2) is 62.5 Å². The zero-order valence-corrected chi connectivity index (χ0v) is 13.8. The predicted octanol–water partition coefficient (Wildman–Crippen LogP) is 2.28. The highest BCUT2D eigenvalue weighted by Gasteiger charge is 2.25. The first-order chi connectivity index (χ1) is 9.51. The first-order valence-electron chi connectivity index (χ1n) is 6.76. The molecule has 1 aromatic rings. The van der Waals surface area contributed by atoms with E-state index in [2.05, 4.69) is 39.8 Å². The van der Waals surface area contributed by atoms with Crippen molar-refractivity contribution in [3.05, 3.63) is 28.2 Å². The number of nitrogens with zero attached hydrogens (tertiary/aromatic N) is 2. The van der Waals surface area contributed by atoms with Gasteiger partial charge in [0, 0.05) is 24.7 Å². The molecule has 0 aliphatic carbocycles. The highest BCUT2D eigenvalue weighted by Crippen LogP contribution is 2.26. The molecule has 4 nitrogen and oxygen atoms in total. The van der Waals surface area contributed by atoms with E-state index >= 15 is 0 Å². The Morgan fingerprint density at radius 3 is 2.80 bits per heavy atom. The van der Waals surface area contributed by atoms with Crippen LogP contribution < -0.4 is 4.74 Å². The summed E-state index contributed by atoms with van der Waals surface area (Å²) >= 11 is 3.42. The van der Waals surface area contributed by atoms with Crippen molar-refractivity contribution in [3.8, 4) is 5.75 Å². The van der Waals surface area contributed by atoms with Gasteiger partial charge in [-0.3, -0.25) is 9.69 Å². The predicted molar refractivity (Wildman–Crippen MR) is 83.6 cm³/mol. The van der Waals surface area contributed by atoms with Crippen molar-refractivity contribution in [1.82, 2.24) is 9.80 Å². The third-order valence-corrected chi connectivity index (χ3v) is 4.44. The molecule has 2 rings (SSSR count). The second-order valence-electron chi connectivity index (χ2n) is 5.41. The van der Waals surface area contributed by atoms with Crippen LogP contribution in [0.3, 0.4) is 0 Å². The van der Waals surface area contributed by atoms with Crippen molar-refractivity contribution in [1.29, 1.82) is 0 Å². The van der Waals surface area contributed by atoms with Crippen molar-refractivity contribution in [2.45, 2.75) is 12.5 Å². The Balaban J connectivity index is 1.97. The minimum atomic E-state index is 0.160. The third-order valence-electron chi connectivity index (χ3n) is 3.82. The number of carbonyl (C=O) groups excluding carboxylic acids is 1. The lowest BCUT2D eigenvalue weighted by atomic mass is 10.1. The Hall–Kier alpha value is -0.910. The first kappa shape index (κ1) is 15.5. The molecule has 1 unspecified atom stereocenters. The largest absolute Gasteiger partial charge is 0.496 e. The monoisotopic (exact) mass is 340 g/mol. The second-order valence-corrected chi connectivity index (χ2v) is 6.27. The van der Waals surface area contributed by atoms with Gasteiger partial charge in [-0.15, -0.1) is 0 Å². The molecule has 1 aliphatic heterocycles. The number of halogens is 1. The van der Waals surface area contributed by atoms with E-state index in [0.717, 1.165) is 35.3 Å². The molecule has 0 amide bonds. The fourth-order valence-electron chi connectivity index (χ4n) is 2.51. The van der Waals surface area contributed by atoms with Gasteiger partial charge in [0.05, 0.1) is 18.1 Å². The fraction of sp³-hybridized carbons (Fsp3) is 0.533. The average molecular weight is 341 g/mol. The second kappa shape index (κ2) is 6.70. The zero-order valence-electron chi connectivity index (χ0n) is 12.2. The molecular weight excluding hydrogens is 320 g/mol. The summed E-state index contributed by atoms with van der Waals surface area (Å²) in [7, 11) is 5.81. The van der Waals surface area contributed by atoms with E-state index in [-0.39, 0.29) is 5.78 Å². The van der Waals surface area contributed by atoms with Gasteiger partial charge in [-0.2, -0.15) is 0 Å². The summed E-state index contributed by atoms with van der Waals surface area (Å²) in [6.45, 7) is 2.45. The summed E-state index contributed by atoms with van der Waals surface area (Å²) < 4.78 is 6.00. The lowest BCUT2D eigenvalue weighted by Gasteiger charge is -2.20. The highest BCUT2D eigenvalue weighted by atomic mass is 79.9. The molecule has 5 heteroatoms. The van der Waals surface area contributed by atoms with E-state index in [1.807, 2.05) is 18.2 Å². The number of hydrogen-bond acceptors (Lipinski definition) is 4. The molecule has 1 heterocycles. The molecule has 1 saturated heterocycles. The van der Waals surface area contributed by atoms with Crippen LogP contribution >= 0.6 is 15.9 Å². The van der Waals surface area contributed by atoms with Crippen LogP contribution in [0.5, 0.6) is 5.75 Å². The minimum Gasteiger partial charge on any atom is -0.496 e. The summed E-state index contributed by atoms with van der Waals surface area (Å²) in [5, 5.41) is 0. The number of likely N-dealkylation sites (tertiary alicyclic amines) is 1. The normalized spacial score (nSPS) is 19.6. The molecule has 0 N–H and O–H groups in total. The van der Waals surface area contributed by atoms with Crippen LogP contribution in [0.4, 0.5) is 0 Å². The Morgan fingerprint density at radius 2 is 2.25 bits per heavy atom. The van der Waals surface area contributed by atoms with Gasteiger partial charge >= 0.3 is 0 Å². The van der Waals surface area contributed by atoms with Crippen molar-refractivity contribution in [2.24, 2.45) is 0 Å². The van der Waals surface area contributed by atoms with E-state index in [0.29, 0.717) is 12.6 Å². The van der Waals surface area contributed by atoms with Crippen molar-refractivity contribution >= 4 is 21.7 Å². The minimum absolute atomic E-state index is 0.160. The van der Waals surface area contributed by atoms with Crippen LogP contribution in [0.2, 0.25) is 0 Å². The SMILES string of the molecule is COc1ccc(C(=O)CN2CCC(N(C)C)C2)cc1Br. The summed E-state index contributed by atoms with van der Waals surface area (Å²) in [5.74, 6) is 0.906. The summed E-state index contributed by atoms with van der Waals surface area (Å²) in [6.07, 6.45) is 1.13. The maximum absolute atomic E-state index is 12.3. The molecule has 0 radical (unpaired) electrons. The molecule has 110 valence electrons. The molecule has 20 heavy (non-hydrogen) atoms. The Labute approximate surface area is 128 Å². The summed E-state index contributed by atoms with van der Waals surface area (Å²) in [6, 6.07) is 6.04. The molecule has 1 fully saturated rings. The Kier molecular flexibility index (Phi) is 5.18. The van der Waals surface area contributed by atoms with Gasteiger partial charge in [-0.05, 0) is 54.6 Å². The van der Waals surface area contributed by atoms with E-state index in [4.69, 9.17) is 4.74 Å². The van der Waals surface area contributed by atoms with Gasteiger partial charge < -0.3 is 9.64 Å². The Morgan fingerprint density at radius 1 is 1.50 bits per heavy atom. The maximum atomic E-state index is 12.3. The van der Waals surface area contributed by atoms with Crippen LogP contribution in [0.1, 0.15) is 16.8 Å². The zero-order chi connectivity index (χ0) is 14.7. The maximum Gasteiger partial charge on any atom is 0.176 e. The third kappa shape index (κ3) is 3.59. The highest BCUT2D eigenvalue weighted by molar-refractivity contribution is 9.10. The fourth-order valence-corrected chi connectivity index (χ4v) is 3.05. The Bertz CT molecular complexity index is 491. The van der Waals surface area contributed by atoms with Crippen molar-refractivity contribution in [3.63, 3.8) is 0 Å². The molecule has 1 aliphatic rings. The average Bonchev–Trinajstić information content (AvgIpc) is 2.87. The summed E-state index contributed by atoms with van der Waals surface area (Å²) in [5.41, 5.74) is 0.728. The van der Waals surface area contributed by atoms with Gasteiger partial charge in [0.15, 0.2) is 5.78 Å². The number of methoxy groups -OCH3 is 1. The van der Waals surface area contributed by atoms with E-state index in [9.17, 15) is 4.79 Å². The summed E-state index contributed by atoms with van der Waals surface area (Å²) in [4.78, 5) is 16.8. The molecule has 1 atom stereocenters. The number of Topliss-reactive ketones (excluding diaryl/α,β-unsaturated/α-hetero) is 1. The first-order valence-corrected chi connectivity index (χ1v) is 7.56. The van der Waals surface area contributed by atoms with Gasteiger partial charge in [-0.25, -0.2) is 0 Å². The molecule has 1 aromatic carbocycles. The molecule has 0 bridgehead atoms. The van der Waals surface area contributed by atoms with Crippen molar-refractivity contribution < 1.29 is 9.53 Å². The number of carbonyl (C=O) groups is 1. The van der Waals surface area contributed by atoms with Gasteiger partial charge in [0.25, 0.3) is 0 Å². The van der Waals surface area contributed by atoms with Gasteiger partial charge in [0.2, 0.25) is 0 Å². The van der Waals surface area contributed by atoms with Crippen LogP contribution in [-0.2, 0) is 0 Å². The quantitative estimate of drug-likeness (QED) is 0.770. The number of benzene rings is 1. The van der Waals surface area contributed by atoms with Crippen LogP contribution in [0.25, 0.3) is 0 Å². The van der Waals surface area contributed by atoms with Gasteiger partial charge in [-0.1, -0.05) is 0 Å². The van der Waals surface area contributed by atoms with Gasteiger partial charge in [0.1, 0.15) is 5.75 Å².